The maximum atomic E-state index is 10.4. The number of aryl methyl sites for hydroxylation is 1. The molecule has 5 heteroatoms. The lowest BCUT2D eigenvalue weighted by atomic mass is 10.2. The summed E-state index contributed by atoms with van der Waals surface area (Å²) in [5.74, 6) is -0.984. The van der Waals surface area contributed by atoms with E-state index in [4.69, 9.17) is 16.7 Å². The van der Waals surface area contributed by atoms with E-state index < -0.39 is 11.3 Å². The van der Waals surface area contributed by atoms with E-state index in [1.54, 1.807) is 0 Å². The van der Waals surface area contributed by atoms with Crippen molar-refractivity contribution in [2.75, 3.05) is 0 Å². The van der Waals surface area contributed by atoms with Crippen LogP contribution in [0.2, 0.25) is 0 Å². The Labute approximate surface area is 79.2 Å². The molecule has 66 valence electrons. The number of aromatic nitrogens is 1. The van der Waals surface area contributed by atoms with Gasteiger partial charge in [-0.15, -0.1) is 11.6 Å². The summed E-state index contributed by atoms with van der Waals surface area (Å²) in [4.78, 5) is 11.3. The number of halogens is 1. The first-order valence-electron chi connectivity index (χ1n) is 3.38. The van der Waals surface area contributed by atoms with Crippen LogP contribution in [0, 0.1) is 6.92 Å². The van der Waals surface area contributed by atoms with Gasteiger partial charge >= 0.3 is 5.97 Å². The van der Waals surface area contributed by atoms with Crippen LogP contribution < -0.4 is 0 Å². The maximum absolute atomic E-state index is 10.4. The van der Waals surface area contributed by atoms with Crippen LogP contribution in [0.3, 0.4) is 0 Å². The molecule has 0 aliphatic heterocycles. The Morgan fingerprint density at radius 3 is 3.00 bits per heavy atom. The maximum Gasteiger partial charge on any atom is 0.321 e. The standard InChI is InChI=1S/C7H8ClNO2S/c1-4-2-5(12-9-4)3-6(8)7(10)11/h2,6H,3H2,1H3,(H,10,11). The topological polar surface area (TPSA) is 50.2 Å². The van der Waals surface area contributed by atoms with Gasteiger partial charge in [-0.1, -0.05) is 0 Å². The summed E-state index contributed by atoms with van der Waals surface area (Å²) in [5.41, 5.74) is 0.907. The fourth-order valence-corrected chi connectivity index (χ4v) is 1.81. The molecule has 1 atom stereocenters. The minimum absolute atomic E-state index is 0.350. The molecule has 0 aromatic carbocycles. The molecule has 0 bridgehead atoms. The minimum Gasteiger partial charge on any atom is -0.480 e. The summed E-state index contributed by atoms with van der Waals surface area (Å²) < 4.78 is 4.02. The Balaban J connectivity index is 2.58. The molecule has 12 heavy (non-hydrogen) atoms. The van der Waals surface area contributed by atoms with Gasteiger partial charge in [-0.25, -0.2) is 0 Å². The molecule has 0 aliphatic rings. The fourth-order valence-electron chi connectivity index (χ4n) is 0.776. The molecule has 1 N–H and O–H groups in total. The van der Waals surface area contributed by atoms with Gasteiger partial charge in [-0.05, 0) is 24.5 Å². The minimum atomic E-state index is -0.984. The third-order valence-corrected chi connectivity index (χ3v) is 2.56. The summed E-state index contributed by atoms with van der Waals surface area (Å²) in [7, 11) is 0. The number of aliphatic carboxylic acids is 1. The lowest BCUT2D eigenvalue weighted by Gasteiger charge is -1.98. The Bertz CT molecular complexity index is 287. The SMILES string of the molecule is Cc1cc(CC(Cl)C(=O)O)sn1. The van der Waals surface area contributed by atoms with Gasteiger partial charge in [0, 0.05) is 11.3 Å². The average molecular weight is 206 g/mol. The van der Waals surface area contributed by atoms with Crippen LogP contribution in [-0.2, 0) is 11.2 Å². The van der Waals surface area contributed by atoms with E-state index in [0.717, 1.165) is 10.6 Å². The second-order valence-electron chi connectivity index (χ2n) is 2.44. The van der Waals surface area contributed by atoms with Crippen LogP contribution in [0.15, 0.2) is 6.07 Å². The first kappa shape index (κ1) is 9.48. The van der Waals surface area contributed by atoms with Crippen LogP contribution in [0.1, 0.15) is 10.6 Å². The van der Waals surface area contributed by atoms with Gasteiger partial charge in [0.1, 0.15) is 5.38 Å². The van der Waals surface area contributed by atoms with Gasteiger partial charge in [0.2, 0.25) is 0 Å². The summed E-state index contributed by atoms with van der Waals surface area (Å²) in [5, 5.41) is 7.66. The molecule has 0 fully saturated rings. The molecule has 1 unspecified atom stereocenters. The van der Waals surface area contributed by atoms with Crippen LogP contribution in [-0.4, -0.2) is 20.8 Å². The lowest BCUT2D eigenvalue weighted by Crippen LogP contribution is -2.15. The average Bonchev–Trinajstić information content (AvgIpc) is 2.35. The predicted octanol–water partition coefficient (Wildman–Crippen LogP) is 1.69. The van der Waals surface area contributed by atoms with Crippen LogP contribution in [0.25, 0.3) is 0 Å². The number of carboxylic acids is 1. The van der Waals surface area contributed by atoms with Crippen molar-refractivity contribution in [3.05, 3.63) is 16.6 Å². The van der Waals surface area contributed by atoms with Crippen molar-refractivity contribution in [2.24, 2.45) is 0 Å². The second kappa shape index (κ2) is 3.87. The summed E-state index contributed by atoms with van der Waals surface area (Å²) in [6, 6.07) is 1.85. The van der Waals surface area contributed by atoms with Gasteiger partial charge in [0.05, 0.1) is 5.69 Å². The zero-order valence-corrected chi connectivity index (χ0v) is 8.02. The number of carboxylic acid groups (broad SMARTS) is 1. The monoisotopic (exact) mass is 205 g/mol. The first-order valence-corrected chi connectivity index (χ1v) is 4.59. The highest BCUT2D eigenvalue weighted by atomic mass is 35.5. The number of hydrogen-bond donors (Lipinski definition) is 1. The van der Waals surface area contributed by atoms with E-state index in [1.807, 2.05) is 13.0 Å². The van der Waals surface area contributed by atoms with Gasteiger partial charge < -0.3 is 5.11 Å². The third-order valence-electron chi connectivity index (χ3n) is 1.33. The van der Waals surface area contributed by atoms with Crippen molar-refractivity contribution in [3.63, 3.8) is 0 Å². The number of hydrogen-bond acceptors (Lipinski definition) is 3. The van der Waals surface area contributed by atoms with E-state index in [-0.39, 0.29) is 0 Å². The van der Waals surface area contributed by atoms with Gasteiger partial charge in [0.25, 0.3) is 0 Å². The zero-order chi connectivity index (χ0) is 9.14. The van der Waals surface area contributed by atoms with Crippen molar-refractivity contribution < 1.29 is 9.90 Å². The Morgan fingerprint density at radius 1 is 1.92 bits per heavy atom. The molecular formula is C7H8ClNO2S. The molecular weight excluding hydrogens is 198 g/mol. The van der Waals surface area contributed by atoms with Gasteiger partial charge in [-0.3, -0.25) is 4.79 Å². The lowest BCUT2D eigenvalue weighted by molar-refractivity contribution is -0.136. The van der Waals surface area contributed by atoms with E-state index in [0.29, 0.717) is 6.42 Å². The number of alkyl halides is 1. The van der Waals surface area contributed by atoms with Crippen LogP contribution >= 0.6 is 23.1 Å². The largest absolute Gasteiger partial charge is 0.480 e. The Kier molecular flexibility index (Phi) is 3.05. The van der Waals surface area contributed by atoms with E-state index >= 15 is 0 Å². The van der Waals surface area contributed by atoms with Crippen molar-refractivity contribution >= 4 is 29.1 Å². The summed E-state index contributed by atoms with van der Waals surface area (Å²) >= 11 is 6.84. The summed E-state index contributed by atoms with van der Waals surface area (Å²) in [6.07, 6.45) is 0.350. The quantitative estimate of drug-likeness (QED) is 0.764. The molecule has 0 saturated carbocycles. The van der Waals surface area contributed by atoms with Crippen LogP contribution in [0.4, 0.5) is 0 Å². The molecule has 0 amide bonds. The first-order chi connectivity index (χ1) is 5.59. The molecule has 1 rings (SSSR count). The van der Waals surface area contributed by atoms with Crippen molar-refractivity contribution in [3.8, 4) is 0 Å². The van der Waals surface area contributed by atoms with Gasteiger partial charge in [-0.2, -0.15) is 4.37 Å². The number of carbonyl (C=O) groups is 1. The van der Waals surface area contributed by atoms with Crippen molar-refractivity contribution in [1.29, 1.82) is 0 Å². The normalized spacial score (nSPS) is 12.8. The highest BCUT2D eigenvalue weighted by Crippen LogP contribution is 2.14. The van der Waals surface area contributed by atoms with E-state index in [2.05, 4.69) is 4.37 Å². The van der Waals surface area contributed by atoms with E-state index in [9.17, 15) is 4.79 Å². The van der Waals surface area contributed by atoms with E-state index in [1.165, 1.54) is 11.5 Å². The highest BCUT2D eigenvalue weighted by molar-refractivity contribution is 7.05. The molecule has 3 nitrogen and oxygen atoms in total. The number of nitrogens with zero attached hydrogens (tertiary/aromatic N) is 1. The fraction of sp³-hybridized carbons (Fsp3) is 0.429. The Morgan fingerprint density at radius 2 is 2.58 bits per heavy atom. The summed E-state index contributed by atoms with van der Waals surface area (Å²) in [6.45, 7) is 1.87. The third kappa shape index (κ3) is 2.46. The van der Waals surface area contributed by atoms with Crippen molar-refractivity contribution in [1.82, 2.24) is 4.37 Å². The highest BCUT2D eigenvalue weighted by Gasteiger charge is 2.15. The zero-order valence-electron chi connectivity index (χ0n) is 6.45. The Hall–Kier alpha value is -0.610. The predicted molar refractivity (Wildman–Crippen MR) is 47.8 cm³/mol. The van der Waals surface area contributed by atoms with Gasteiger partial charge in [0.15, 0.2) is 0 Å². The molecule has 0 spiro atoms. The number of rotatable bonds is 3. The molecule has 0 saturated heterocycles. The molecule has 0 aliphatic carbocycles. The van der Waals surface area contributed by atoms with Crippen molar-refractivity contribution in [2.45, 2.75) is 18.7 Å². The second-order valence-corrected chi connectivity index (χ2v) is 3.86. The molecule has 1 aromatic heterocycles. The molecule has 1 heterocycles. The molecule has 1 aromatic rings. The van der Waals surface area contributed by atoms with Crippen LogP contribution in [0.5, 0.6) is 0 Å². The molecule has 0 radical (unpaired) electrons. The smallest absolute Gasteiger partial charge is 0.321 e.